The predicted molar refractivity (Wildman–Crippen MR) is 88.5 cm³/mol. The van der Waals surface area contributed by atoms with Crippen molar-refractivity contribution in [2.24, 2.45) is 0 Å². The van der Waals surface area contributed by atoms with E-state index in [1.165, 1.54) is 0 Å². The van der Waals surface area contributed by atoms with Gasteiger partial charge in [0, 0.05) is 38.4 Å². The van der Waals surface area contributed by atoms with Gasteiger partial charge in [0.1, 0.15) is 5.82 Å². The third-order valence-corrected chi connectivity index (χ3v) is 4.05. The maximum atomic E-state index is 5.17. The van der Waals surface area contributed by atoms with E-state index in [1.807, 2.05) is 17.6 Å². The second kappa shape index (κ2) is 5.91. The summed E-state index contributed by atoms with van der Waals surface area (Å²) in [5.41, 5.74) is 0.767. The van der Waals surface area contributed by atoms with Crippen molar-refractivity contribution in [2.45, 2.75) is 6.92 Å². The van der Waals surface area contributed by atoms with Crippen molar-refractivity contribution in [3.05, 3.63) is 30.5 Å². The number of hydrogen-bond donors (Lipinski definition) is 0. The van der Waals surface area contributed by atoms with Crippen molar-refractivity contribution in [1.82, 2.24) is 29.5 Å². The minimum absolute atomic E-state index is 0.578. The number of fused-ring (bicyclic) bond motifs is 1. The molecular weight excluding hydrogens is 308 g/mol. The largest absolute Gasteiger partial charge is 0.481 e. The van der Waals surface area contributed by atoms with E-state index in [4.69, 9.17) is 4.74 Å². The van der Waals surface area contributed by atoms with Crippen molar-refractivity contribution in [3.63, 3.8) is 0 Å². The molecule has 0 spiro atoms. The molecule has 1 saturated heterocycles. The highest BCUT2D eigenvalue weighted by Gasteiger charge is 2.22. The Morgan fingerprint density at radius 1 is 1.04 bits per heavy atom. The lowest BCUT2D eigenvalue weighted by atomic mass is 10.3. The van der Waals surface area contributed by atoms with Crippen LogP contribution in [0.15, 0.2) is 24.7 Å². The van der Waals surface area contributed by atoms with Crippen molar-refractivity contribution in [3.8, 4) is 5.88 Å². The summed E-state index contributed by atoms with van der Waals surface area (Å²) in [6, 6.07) is 1.75. The van der Waals surface area contributed by atoms with E-state index in [-0.39, 0.29) is 0 Å². The Kier molecular flexibility index (Phi) is 3.60. The zero-order valence-corrected chi connectivity index (χ0v) is 13.6. The monoisotopic (exact) mass is 326 g/mol. The van der Waals surface area contributed by atoms with Crippen LogP contribution in [-0.4, -0.2) is 62.8 Å². The maximum absolute atomic E-state index is 5.17. The van der Waals surface area contributed by atoms with Gasteiger partial charge in [-0.15, -0.1) is 5.10 Å². The molecule has 0 N–H and O–H groups in total. The lowest BCUT2D eigenvalue weighted by Crippen LogP contribution is -2.47. The number of piperazine rings is 1. The Hall–Kier alpha value is -2.97. The lowest BCUT2D eigenvalue weighted by molar-refractivity contribution is 0.396. The van der Waals surface area contributed by atoms with Crippen LogP contribution in [0.5, 0.6) is 5.88 Å². The van der Waals surface area contributed by atoms with Crippen molar-refractivity contribution in [2.75, 3.05) is 43.1 Å². The van der Waals surface area contributed by atoms with Crippen molar-refractivity contribution in [1.29, 1.82) is 0 Å². The molecule has 1 fully saturated rings. The summed E-state index contributed by atoms with van der Waals surface area (Å²) in [7, 11) is 1.61. The molecule has 1 aliphatic rings. The van der Waals surface area contributed by atoms with Crippen molar-refractivity contribution < 1.29 is 4.74 Å². The minimum Gasteiger partial charge on any atom is -0.481 e. The molecular formula is C15H18N8O. The van der Waals surface area contributed by atoms with Gasteiger partial charge in [-0.3, -0.25) is 4.98 Å². The molecule has 0 aliphatic carbocycles. The van der Waals surface area contributed by atoms with Gasteiger partial charge < -0.3 is 14.5 Å². The van der Waals surface area contributed by atoms with Gasteiger partial charge >= 0.3 is 0 Å². The fourth-order valence-electron chi connectivity index (χ4n) is 2.86. The summed E-state index contributed by atoms with van der Waals surface area (Å²) in [6.45, 7) is 5.18. The number of hydrogen-bond acceptors (Lipinski definition) is 8. The van der Waals surface area contributed by atoms with Gasteiger partial charge in [0.2, 0.25) is 11.8 Å². The lowest BCUT2D eigenvalue weighted by Gasteiger charge is -2.35. The normalized spacial score (nSPS) is 15.1. The number of ether oxygens (including phenoxy) is 1. The molecule has 0 saturated carbocycles. The molecule has 0 aromatic carbocycles. The van der Waals surface area contributed by atoms with Crippen LogP contribution in [0.4, 0.5) is 11.8 Å². The zero-order chi connectivity index (χ0) is 16.5. The Labute approximate surface area is 138 Å². The third-order valence-electron chi connectivity index (χ3n) is 4.05. The quantitative estimate of drug-likeness (QED) is 0.690. The van der Waals surface area contributed by atoms with Crippen LogP contribution in [0, 0.1) is 6.92 Å². The highest BCUT2D eigenvalue weighted by Crippen LogP contribution is 2.19. The SMILES string of the molecule is COc1ccnc(N2CCN(c3cncc4nc(C)nn34)CC2)n1. The van der Waals surface area contributed by atoms with E-state index >= 15 is 0 Å². The van der Waals surface area contributed by atoms with Gasteiger partial charge in [0.25, 0.3) is 0 Å². The molecule has 4 heterocycles. The van der Waals surface area contributed by atoms with Crippen molar-refractivity contribution >= 4 is 17.4 Å². The molecule has 24 heavy (non-hydrogen) atoms. The summed E-state index contributed by atoms with van der Waals surface area (Å²) in [5, 5.41) is 4.46. The van der Waals surface area contributed by atoms with Crippen LogP contribution >= 0.6 is 0 Å². The Morgan fingerprint density at radius 2 is 1.83 bits per heavy atom. The van der Waals surface area contributed by atoms with E-state index in [2.05, 4.69) is 34.8 Å². The first-order valence-electron chi connectivity index (χ1n) is 7.79. The molecule has 0 unspecified atom stereocenters. The number of aryl methyl sites for hydroxylation is 1. The summed E-state index contributed by atoms with van der Waals surface area (Å²) < 4.78 is 7.02. The van der Waals surface area contributed by atoms with E-state index in [1.54, 1.807) is 25.6 Å². The van der Waals surface area contributed by atoms with E-state index < -0.39 is 0 Å². The first-order valence-corrected chi connectivity index (χ1v) is 7.79. The first-order chi connectivity index (χ1) is 11.7. The van der Waals surface area contributed by atoms with E-state index in [9.17, 15) is 0 Å². The van der Waals surface area contributed by atoms with Crippen LogP contribution in [0.3, 0.4) is 0 Å². The molecule has 9 heteroatoms. The Morgan fingerprint density at radius 3 is 2.62 bits per heavy atom. The highest BCUT2D eigenvalue weighted by atomic mass is 16.5. The van der Waals surface area contributed by atoms with Crippen LogP contribution in [0.2, 0.25) is 0 Å². The Bertz CT molecular complexity index is 856. The average Bonchev–Trinajstić information content (AvgIpc) is 3.02. The molecule has 0 amide bonds. The van der Waals surface area contributed by atoms with E-state index in [0.717, 1.165) is 43.5 Å². The fraction of sp³-hybridized carbons (Fsp3) is 0.400. The van der Waals surface area contributed by atoms with Crippen LogP contribution in [-0.2, 0) is 0 Å². The van der Waals surface area contributed by atoms with E-state index in [0.29, 0.717) is 11.8 Å². The number of anilines is 2. The predicted octanol–water partition coefficient (Wildman–Crippen LogP) is 0.558. The van der Waals surface area contributed by atoms with Crippen LogP contribution < -0.4 is 14.5 Å². The second-order valence-electron chi connectivity index (χ2n) is 5.57. The molecule has 0 bridgehead atoms. The zero-order valence-electron chi connectivity index (χ0n) is 13.6. The third kappa shape index (κ3) is 2.57. The molecule has 0 atom stereocenters. The highest BCUT2D eigenvalue weighted by molar-refractivity contribution is 5.48. The first kappa shape index (κ1) is 14.6. The van der Waals surface area contributed by atoms with Gasteiger partial charge in [-0.1, -0.05) is 0 Å². The minimum atomic E-state index is 0.578. The summed E-state index contributed by atoms with van der Waals surface area (Å²) >= 11 is 0. The summed E-state index contributed by atoms with van der Waals surface area (Å²) in [5.74, 6) is 2.98. The molecule has 3 aromatic rings. The topological polar surface area (TPSA) is 84.6 Å². The summed E-state index contributed by atoms with van der Waals surface area (Å²) in [4.78, 5) is 21.8. The van der Waals surface area contributed by atoms with Crippen LogP contribution in [0.1, 0.15) is 5.82 Å². The molecule has 124 valence electrons. The Balaban J connectivity index is 1.53. The van der Waals surface area contributed by atoms with Crippen LogP contribution in [0.25, 0.3) is 5.65 Å². The number of nitrogens with zero attached hydrogens (tertiary/aromatic N) is 8. The molecule has 1 aliphatic heterocycles. The molecule has 0 radical (unpaired) electrons. The number of aromatic nitrogens is 6. The number of methoxy groups -OCH3 is 1. The summed E-state index contributed by atoms with van der Waals surface area (Å²) in [6.07, 6.45) is 5.28. The smallest absolute Gasteiger partial charge is 0.228 e. The van der Waals surface area contributed by atoms with Gasteiger partial charge in [0.05, 0.1) is 19.5 Å². The van der Waals surface area contributed by atoms with Gasteiger partial charge in [-0.2, -0.15) is 9.50 Å². The molecule has 3 aromatic heterocycles. The number of rotatable bonds is 3. The van der Waals surface area contributed by atoms with Gasteiger partial charge in [-0.05, 0) is 6.92 Å². The molecule has 9 nitrogen and oxygen atoms in total. The second-order valence-corrected chi connectivity index (χ2v) is 5.57. The van der Waals surface area contributed by atoms with Gasteiger partial charge in [-0.25, -0.2) is 9.97 Å². The standard InChI is InChI=1S/C15H18N8O/c1-11-18-12-9-16-10-14(23(12)20-11)21-5-7-22(8-6-21)15-17-4-3-13(19-15)24-2/h3-4,9-10H,5-8H2,1-2H3. The molecule has 4 rings (SSSR count). The average molecular weight is 326 g/mol. The van der Waals surface area contributed by atoms with Gasteiger partial charge in [0.15, 0.2) is 11.5 Å². The maximum Gasteiger partial charge on any atom is 0.228 e. The fourth-order valence-corrected chi connectivity index (χ4v) is 2.86.